The van der Waals surface area contributed by atoms with Crippen molar-refractivity contribution in [3.05, 3.63) is 28.2 Å². The van der Waals surface area contributed by atoms with Gasteiger partial charge in [-0.05, 0) is 35.8 Å². The molecular formula is C11H10BrF2NO3. The van der Waals surface area contributed by atoms with Gasteiger partial charge in [0, 0.05) is 10.5 Å². The smallest absolute Gasteiger partial charge is 0.318 e. The monoisotopic (exact) mass is 321 g/mol. The Morgan fingerprint density at radius 2 is 1.89 bits per heavy atom. The summed E-state index contributed by atoms with van der Waals surface area (Å²) in [6.07, 6.45) is 0. The van der Waals surface area contributed by atoms with Crippen molar-refractivity contribution >= 4 is 33.5 Å². The summed E-state index contributed by atoms with van der Waals surface area (Å²) in [7, 11) is 0. The van der Waals surface area contributed by atoms with Gasteiger partial charge < -0.3 is 10.4 Å². The quantitative estimate of drug-likeness (QED) is 0.841. The van der Waals surface area contributed by atoms with E-state index in [4.69, 9.17) is 5.11 Å². The molecule has 1 rings (SSSR count). The first-order valence-electron chi connectivity index (χ1n) is 4.85. The summed E-state index contributed by atoms with van der Waals surface area (Å²) in [5.74, 6) is -4.05. The van der Waals surface area contributed by atoms with Crippen molar-refractivity contribution in [1.29, 1.82) is 0 Å². The number of amides is 1. The number of anilines is 1. The van der Waals surface area contributed by atoms with E-state index in [1.165, 1.54) is 13.8 Å². The summed E-state index contributed by atoms with van der Waals surface area (Å²) in [5, 5.41) is 11.0. The van der Waals surface area contributed by atoms with Crippen LogP contribution in [0.25, 0.3) is 0 Å². The van der Waals surface area contributed by atoms with Crippen LogP contribution in [0.1, 0.15) is 13.8 Å². The zero-order chi connectivity index (χ0) is 14.1. The van der Waals surface area contributed by atoms with Crippen LogP contribution >= 0.6 is 15.9 Å². The molecular weight excluding hydrogens is 312 g/mol. The summed E-state index contributed by atoms with van der Waals surface area (Å²) in [4.78, 5) is 22.5. The Hall–Kier alpha value is -1.50. The zero-order valence-electron chi connectivity index (χ0n) is 9.55. The fourth-order valence-corrected chi connectivity index (χ4v) is 1.54. The molecule has 0 aliphatic carbocycles. The molecule has 18 heavy (non-hydrogen) atoms. The van der Waals surface area contributed by atoms with Gasteiger partial charge in [-0.15, -0.1) is 0 Å². The predicted molar refractivity (Wildman–Crippen MR) is 64.1 cm³/mol. The maximum Gasteiger partial charge on any atom is 0.318 e. The molecule has 1 aromatic rings. The Labute approximate surface area is 110 Å². The van der Waals surface area contributed by atoms with Gasteiger partial charge in [-0.25, -0.2) is 8.78 Å². The van der Waals surface area contributed by atoms with Crippen molar-refractivity contribution in [2.24, 2.45) is 5.41 Å². The van der Waals surface area contributed by atoms with Crippen LogP contribution in [0.5, 0.6) is 0 Å². The molecule has 0 atom stereocenters. The Morgan fingerprint density at radius 3 is 2.33 bits per heavy atom. The first-order chi connectivity index (χ1) is 8.16. The van der Waals surface area contributed by atoms with Crippen LogP contribution in [0.2, 0.25) is 0 Å². The van der Waals surface area contributed by atoms with Crippen molar-refractivity contribution in [2.75, 3.05) is 5.32 Å². The Balaban J connectivity index is 3.07. The second-order valence-corrected chi connectivity index (χ2v) is 4.98. The second-order valence-electron chi connectivity index (χ2n) is 4.13. The molecule has 0 aromatic heterocycles. The van der Waals surface area contributed by atoms with Gasteiger partial charge in [-0.2, -0.15) is 0 Å². The number of carbonyl (C=O) groups excluding carboxylic acids is 1. The average molecular weight is 322 g/mol. The molecule has 4 nitrogen and oxygen atoms in total. The zero-order valence-corrected chi connectivity index (χ0v) is 11.1. The highest BCUT2D eigenvalue weighted by Crippen LogP contribution is 2.28. The van der Waals surface area contributed by atoms with E-state index in [0.717, 1.165) is 6.07 Å². The van der Waals surface area contributed by atoms with Crippen molar-refractivity contribution in [1.82, 2.24) is 0 Å². The van der Waals surface area contributed by atoms with E-state index in [0.29, 0.717) is 6.07 Å². The topological polar surface area (TPSA) is 66.4 Å². The molecule has 0 unspecified atom stereocenters. The lowest BCUT2D eigenvalue weighted by molar-refractivity contribution is -0.151. The van der Waals surface area contributed by atoms with E-state index in [1.54, 1.807) is 0 Å². The lowest BCUT2D eigenvalue weighted by Gasteiger charge is -2.19. The molecule has 0 spiro atoms. The van der Waals surface area contributed by atoms with E-state index in [2.05, 4.69) is 21.2 Å². The molecule has 0 aliphatic rings. The fraction of sp³-hybridized carbons (Fsp3) is 0.273. The molecule has 1 amide bonds. The van der Waals surface area contributed by atoms with Gasteiger partial charge >= 0.3 is 5.97 Å². The van der Waals surface area contributed by atoms with Gasteiger partial charge in [0.2, 0.25) is 5.91 Å². The van der Waals surface area contributed by atoms with Gasteiger partial charge in [0.05, 0.1) is 5.69 Å². The van der Waals surface area contributed by atoms with Crippen LogP contribution in [0.15, 0.2) is 16.6 Å². The van der Waals surface area contributed by atoms with Crippen LogP contribution in [0, 0.1) is 17.0 Å². The molecule has 0 bridgehead atoms. The SMILES string of the molecule is CC(C)(C(=O)O)C(=O)Nc1c(F)cc(F)cc1Br. The van der Waals surface area contributed by atoms with Gasteiger partial charge in [0.1, 0.15) is 11.2 Å². The first kappa shape index (κ1) is 14.6. The second kappa shape index (κ2) is 5.01. The van der Waals surface area contributed by atoms with Crippen LogP contribution in [0.3, 0.4) is 0 Å². The van der Waals surface area contributed by atoms with E-state index >= 15 is 0 Å². The third-order valence-electron chi connectivity index (χ3n) is 2.35. The minimum Gasteiger partial charge on any atom is -0.480 e. The van der Waals surface area contributed by atoms with Crippen LogP contribution in [0.4, 0.5) is 14.5 Å². The van der Waals surface area contributed by atoms with Crippen molar-refractivity contribution in [2.45, 2.75) is 13.8 Å². The highest BCUT2D eigenvalue weighted by molar-refractivity contribution is 9.10. The lowest BCUT2D eigenvalue weighted by Crippen LogP contribution is -2.38. The molecule has 0 saturated heterocycles. The molecule has 1 aromatic carbocycles. The minimum absolute atomic E-state index is 0.00506. The summed E-state index contributed by atoms with van der Waals surface area (Å²) in [5.41, 5.74) is -2.02. The largest absolute Gasteiger partial charge is 0.480 e. The predicted octanol–water partition coefficient (Wildman–Crippen LogP) is 2.78. The number of carboxylic acids is 1. The number of halogens is 3. The Bertz CT molecular complexity index is 494. The van der Waals surface area contributed by atoms with Crippen LogP contribution in [-0.2, 0) is 9.59 Å². The van der Waals surface area contributed by atoms with E-state index < -0.39 is 28.9 Å². The number of hydrogen-bond acceptors (Lipinski definition) is 2. The Morgan fingerprint density at radius 1 is 1.33 bits per heavy atom. The molecule has 7 heteroatoms. The van der Waals surface area contributed by atoms with Crippen LogP contribution < -0.4 is 5.32 Å². The third-order valence-corrected chi connectivity index (χ3v) is 2.97. The number of nitrogens with one attached hydrogen (secondary N) is 1. The molecule has 0 aliphatic heterocycles. The maximum absolute atomic E-state index is 13.4. The van der Waals surface area contributed by atoms with E-state index in [9.17, 15) is 18.4 Å². The Kier molecular flexibility index (Phi) is 4.05. The average Bonchev–Trinajstić information content (AvgIpc) is 2.22. The number of benzene rings is 1. The van der Waals surface area contributed by atoms with Crippen molar-refractivity contribution < 1.29 is 23.5 Å². The number of rotatable bonds is 3. The molecule has 0 radical (unpaired) electrons. The maximum atomic E-state index is 13.4. The normalized spacial score (nSPS) is 11.2. The lowest BCUT2D eigenvalue weighted by atomic mass is 9.92. The van der Waals surface area contributed by atoms with Gasteiger partial charge in [0.25, 0.3) is 0 Å². The number of carboxylic acid groups (broad SMARTS) is 1. The molecule has 98 valence electrons. The number of carbonyl (C=O) groups is 2. The van der Waals surface area contributed by atoms with Crippen LogP contribution in [-0.4, -0.2) is 17.0 Å². The molecule has 0 heterocycles. The highest BCUT2D eigenvalue weighted by Gasteiger charge is 2.36. The third kappa shape index (κ3) is 2.84. The van der Waals surface area contributed by atoms with Gasteiger partial charge in [-0.1, -0.05) is 0 Å². The summed E-state index contributed by atoms with van der Waals surface area (Å²) >= 11 is 2.89. The highest BCUT2D eigenvalue weighted by atomic mass is 79.9. The van der Waals surface area contributed by atoms with E-state index in [1.807, 2.05) is 0 Å². The van der Waals surface area contributed by atoms with Gasteiger partial charge in [-0.3, -0.25) is 9.59 Å². The molecule has 0 saturated carbocycles. The van der Waals surface area contributed by atoms with Gasteiger partial charge in [0.15, 0.2) is 5.82 Å². The molecule has 2 N–H and O–H groups in total. The minimum atomic E-state index is -1.72. The van der Waals surface area contributed by atoms with Crippen molar-refractivity contribution in [3.8, 4) is 0 Å². The summed E-state index contributed by atoms with van der Waals surface area (Å²) in [6.45, 7) is 2.36. The number of hydrogen-bond donors (Lipinski definition) is 2. The summed E-state index contributed by atoms with van der Waals surface area (Å²) < 4.78 is 26.3. The number of aliphatic carboxylic acids is 1. The fourth-order valence-electron chi connectivity index (χ4n) is 1.03. The molecule has 0 fully saturated rings. The first-order valence-corrected chi connectivity index (χ1v) is 5.65. The van der Waals surface area contributed by atoms with E-state index in [-0.39, 0.29) is 10.2 Å². The standard InChI is InChI=1S/C11H10BrF2NO3/c1-11(2,10(17)18)9(16)15-8-6(12)3-5(13)4-7(8)14/h3-4H,1-2H3,(H,15,16)(H,17,18). The summed E-state index contributed by atoms with van der Waals surface area (Å²) in [6, 6.07) is 1.56. The van der Waals surface area contributed by atoms with Crippen molar-refractivity contribution in [3.63, 3.8) is 0 Å².